The van der Waals surface area contributed by atoms with Crippen LogP contribution in [0.25, 0.3) is 0 Å². The molecule has 2 heterocycles. The largest absolute Gasteiger partial charge is 0.494 e. The van der Waals surface area contributed by atoms with Gasteiger partial charge in [-0.25, -0.2) is 9.96 Å². The molecule has 2 fully saturated rings. The van der Waals surface area contributed by atoms with Gasteiger partial charge in [-0.1, -0.05) is 43.7 Å². The number of unbranched alkanes of at least 4 members (excludes halogenated alkanes) is 1. The van der Waals surface area contributed by atoms with Crippen LogP contribution in [0.15, 0.2) is 78.9 Å². The van der Waals surface area contributed by atoms with E-state index in [1.165, 1.54) is 11.1 Å². The Morgan fingerprint density at radius 2 is 1.61 bits per heavy atom. The van der Waals surface area contributed by atoms with Gasteiger partial charge in [-0.2, -0.15) is 0 Å². The highest BCUT2D eigenvalue weighted by Crippen LogP contribution is 2.49. The van der Waals surface area contributed by atoms with E-state index in [4.69, 9.17) is 9.57 Å². The van der Waals surface area contributed by atoms with Crippen molar-refractivity contribution in [2.45, 2.75) is 31.9 Å². The van der Waals surface area contributed by atoms with Gasteiger partial charge in [0, 0.05) is 6.07 Å². The van der Waals surface area contributed by atoms with Crippen molar-refractivity contribution in [1.82, 2.24) is 0 Å². The summed E-state index contributed by atoms with van der Waals surface area (Å²) in [5.74, 6) is -1.28. The van der Waals surface area contributed by atoms with Crippen LogP contribution in [0.1, 0.15) is 31.4 Å². The summed E-state index contributed by atoms with van der Waals surface area (Å²) in [6.07, 6.45) is 0.831. The Bertz CT molecular complexity index is 1280. The molecule has 0 aliphatic carbocycles. The molecule has 0 N–H and O–H groups in total. The number of nitro benzene ring substituents is 1. The fourth-order valence-electron chi connectivity index (χ4n) is 4.71. The fraction of sp³-hybridized carbons (Fsp3) is 0.259. The Kier molecular flexibility index (Phi) is 6.39. The Morgan fingerprint density at radius 3 is 2.31 bits per heavy atom. The Hall–Kier alpha value is -4.24. The van der Waals surface area contributed by atoms with Crippen LogP contribution in [0.5, 0.6) is 5.75 Å². The number of nitro groups is 1. The Balaban J connectivity index is 1.51. The summed E-state index contributed by atoms with van der Waals surface area (Å²) in [6, 6.07) is 21.1. The minimum atomic E-state index is -1.11. The third kappa shape index (κ3) is 4.07. The maximum absolute atomic E-state index is 13.7. The molecule has 3 aromatic rings. The van der Waals surface area contributed by atoms with Crippen LogP contribution < -0.4 is 14.7 Å². The smallest absolute Gasteiger partial charge is 0.274 e. The van der Waals surface area contributed by atoms with Gasteiger partial charge in [-0.05, 0) is 48.9 Å². The monoisotopic (exact) mass is 487 g/mol. The summed E-state index contributed by atoms with van der Waals surface area (Å²) >= 11 is 0. The second-order valence-corrected chi connectivity index (χ2v) is 8.68. The number of carbonyl (C=O) groups is 2. The zero-order valence-corrected chi connectivity index (χ0v) is 19.7. The number of nitrogens with zero attached hydrogens (tertiary/aromatic N) is 3. The minimum Gasteiger partial charge on any atom is -0.494 e. The van der Waals surface area contributed by atoms with Gasteiger partial charge in [0.15, 0.2) is 6.10 Å². The molecule has 0 radical (unpaired) electrons. The lowest BCUT2D eigenvalue weighted by Gasteiger charge is -2.28. The fourth-order valence-corrected chi connectivity index (χ4v) is 4.71. The van der Waals surface area contributed by atoms with E-state index in [1.807, 2.05) is 6.07 Å². The number of hydrogen-bond donors (Lipinski definition) is 0. The molecule has 0 bridgehead atoms. The summed E-state index contributed by atoms with van der Waals surface area (Å²) in [5.41, 5.74) is 1.16. The molecular formula is C27H25N3O6. The lowest BCUT2D eigenvalue weighted by molar-refractivity contribution is -0.385. The molecule has 3 aromatic carbocycles. The van der Waals surface area contributed by atoms with Crippen LogP contribution >= 0.6 is 0 Å². The van der Waals surface area contributed by atoms with Gasteiger partial charge in [0.25, 0.3) is 11.6 Å². The van der Waals surface area contributed by atoms with Gasteiger partial charge in [-0.15, -0.1) is 0 Å². The first kappa shape index (κ1) is 23.5. The second kappa shape index (κ2) is 9.79. The van der Waals surface area contributed by atoms with Crippen LogP contribution in [-0.4, -0.2) is 29.4 Å². The molecule has 0 aromatic heterocycles. The highest BCUT2D eigenvalue weighted by molar-refractivity contribution is 6.24. The lowest BCUT2D eigenvalue weighted by Crippen LogP contribution is -2.37. The van der Waals surface area contributed by atoms with Crippen molar-refractivity contribution in [2.75, 3.05) is 16.6 Å². The first-order valence-corrected chi connectivity index (χ1v) is 11.9. The summed E-state index contributed by atoms with van der Waals surface area (Å²) in [7, 11) is 0. The standard InChI is InChI=1S/C27H25N3O6/c1-2-3-17-35-20-15-13-18(14-16-20)28-26(31)23-24(21-11-7-8-12-22(21)30(33)34)29(36-25(23)27(28)32)19-9-5-4-6-10-19/h4-16,23-25H,2-3,17H2,1H3/t23-,24+,25-/m0/s1. The number of anilines is 2. The third-order valence-corrected chi connectivity index (χ3v) is 6.44. The molecule has 0 saturated carbocycles. The highest BCUT2D eigenvalue weighted by Gasteiger charge is 2.61. The number of hydrogen-bond acceptors (Lipinski definition) is 7. The number of hydroxylamine groups is 1. The minimum absolute atomic E-state index is 0.139. The number of benzene rings is 3. The first-order chi connectivity index (χ1) is 17.5. The van der Waals surface area contributed by atoms with Crippen molar-refractivity contribution < 1.29 is 24.1 Å². The van der Waals surface area contributed by atoms with Crippen LogP contribution in [0.2, 0.25) is 0 Å². The van der Waals surface area contributed by atoms with E-state index in [-0.39, 0.29) is 5.69 Å². The van der Waals surface area contributed by atoms with Crippen LogP contribution in [0.3, 0.4) is 0 Å². The topological polar surface area (TPSA) is 102 Å². The van der Waals surface area contributed by atoms with Crippen molar-refractivity contribution in [2.24, 2.45) is 5.92 Å². The zero-order valence-electron chi connectivity index (χ0n) is 19.7. The molecule has 2 aliphatic heterocycles. The van der Waals surface area contributed by atoms with E-state index in [2.05, 4.69) is 6.92 Å². The molecule has 5 rings (SSSR count). The summed E-state index contributed by atoms with van der Waals surface area (Å²) in [6.45, 7) is 2.66. The number of amides is 2. The number of ether oxygens (including phenoxy) is 1. The van der Waals surface area contributed by atoms with E-state index >= 15 is 0 Å². The molecule has 2 aliphatic rings. The molecule has 2 amide bonds. The number of rotatable bonds is 8. The van der Waals surface area contributed by atoms with Crippen molar-refractivity contribution in [3.63, 3.8) is 0 Å². The van der Waals surface area contributed by atoms with Crippen molar-refractivity contribution in [3.05, 3.63) is 94.5 Å². The Labute approximate surface area is 207 Å². The molecule has 0 unspecified atom stereocenters. The molecule has 2 saturated heterocycles. The van der Waals surface area contributed by atoms with Crippen LogP contribution in [0, 0.1) is 16.0 Å². The van der Waals surface area contributed by atoms with Crippen molar-refractivity contribution in [3.8, 4) is 5.75 Å². The van der Waals surface area contributed by atoms with Crippen molar-refractivity contribution in [1.29, 1.82) is 0 Å². The average Bonchev–Trinajstić information content (AvgIpc) is 3.41. The molecule has 184 valence electrons. The van der Waals surface area contributed by atoms with Crippen LogP contribution in [0.4, 0.5) is 17.1 Å². The van der Waals surface area contributed by atoms with Crippen LogP contribution in [-0.2, 0) is 14.4 Å². The number of para-hydroxylation sites is 2. The quantitative estimate of drug-likeness (QED) is 0.194. The van der Waals surface area contributed by atoms with Gasteiger partial charge >= 0.3 is 0 Å². The summed E-state index contributed by atoms with van der Waals surface area (Å²) in [5, 5.41) is 13.3. The first-order valence-electron chi connectivity index (χ1n) is 11.9. The van der Waals surface area contributed by atoms with Crippen molar-refractivity contribution >= 4 is 28.9 Å². The summed E-state index contributed by atoms with van der Waals surface area (Å²) in [4.78, 5) is 45.7. The van der Waals surface area contributed by atoms with Gasteiger partial charge in [0.05, 0.1) is 28.5 Å². The molecule has 0 spiro atoms. The van der Waals surface area contributed by atoms with Gasteiger partial charge in [0.2, 0.25) is 5.91 Å². The maximum atomic E-state index is 13.7. The predicted molar refractivity (Wildman–Crippen MR) is 132 cm³/mol. The normalized spacial score (nSPS) is 21.1. The number of imide groups is 1. The Morgan fingerprint density at radius 1 is 0.917 bits per heavy atom. The zero-order chi connectivity index (χ0) is 25.2. The second-order valence-electron chi connectivity index (χ2n) is 8.68. The van der Waals surface area contributed by atoms with E-state index in [0.29, 0.717) is 29.3 Å². The van der Waals surface area contributed by atoms with Gasteiger partial charge < -0.3 is 4.74 Å². The van der Waals surface area contributed by atoms with Gasteiger partial charge in [-0.3, -0.25) is 24.5 Å². The number of fused-ring (bicyclic) bond motifs is 1. The van der Waals surface area contributed by atoms with Gasteiger partial charge in [0.1, 0.15) is 17.7 Å². The highest BCUT2D eigenvalue weighted by atomic mass is 16.7. The number of carbonyl (C=O) groups excluding carboxylic acids is 2. The molecule has 9 nitrogen and oxygen atoms in total. The van der Waals surface area contributed by atoms with E-state index in [1.54, 1.807) is 66.7 Å². The molecular weight excluding hydrogens is 462 g/mol. The molecule has 36 heavy (non-hydrogen) atoms. The van der Waals surface area contributed by atoms with E-state index in [0.717, 1.165) is 17.7 Å². The lowest BCUT2D eigenvalue weighted by atomic mass is 9.89. The van der Waals surface area contributed by atoms with E-state index < -0.39 is 34.8 Å². The predicted octanol–water partition coefficient (Wildman–Crippen LogP) is 4.82. The SMILES string of the molecule is CCCCOc1ccc(N2C(=O)[C@@H]3[C@H](ON(c4ccccc4)[C@@H]3c3ccccc3[N+](=O)[O-])C2=O)cc1. The maximum Gasteiger partial charge on any atom is 0.274 e. The average molecular weight is 488 g/mol. The molecule has 3 atom stereocenters. The summed E-state index contributed by atoms with van der Waals surface area (Å²) < 4.78 is 5.68. The third-order valence-electron chi connectivity index (χ3n) is 6.44. The molecule has 9 heteroatoms. The van der Waals surface area contributed by atoms with E-state index in [9.17, 15) is 19.7 Å².